The molecule has 1 fully saturated rings. The summed E-state index contributed by atoms with van der Waals surface area (Å²) in [5, 5.41) is 18.1. The molecule has 3 aromatic carbocycles. The van der Waals surface area contributed by atoms with E-state index in [1.807, 2.05) is 30.3 Å². The first kappa shape index (κ1) is 19.7. The van der Waals surface area contributed by atoms with Crippen LogP contribution in [0.15, 0.2) is 85.1 Å². The molecule has 160 valence electrons. The highest BCUT2D eigenvalue weighted by Gasteiger charge is 2.44. The first-order valence-corrected chi connectivity index (χ1v) is 10.1. The number of rotatable bonds is 5. The monoisotopic (exact) mass is 430 g/mol. The summed E-state index contributed by atoms with van der Waals surface area (Å²) in [7, 11) is 0. The Morgan fingerprint density at radius 1 is 0.969 bits per heavy atom. The minimum Gasteiger partial charge on any atom is -0.508 e. The fourth-order valence-electron chi connectivity index (χ4n) is 3.88. The summed E-state index contributed by atoms with van der Waals surface area (Å²) in [6.45, 7) is 0.273. The van der Waals surface area contributed by atoms with E-state index in [9.17, 15) is 14.3 Å². The maximum absolute atomic E-state index is 13.5. The van der Waals surface area contributed by atoms with Crippen molar-refractivity contribution < 1.29 is 19.0 Å². The SMILES string of the molecule is O=C1O[C@H](Cn2cc(-c3ccccc3)nn2)C(c2ccc(O)cc2)N1c1ccc(F)cc1. The van der Waals surface area contributed by atoms with Crippen LogP contribution in [0.4, 0.5) is 14.9 Å². The average molecular weight is 430 g/mol. The fraction of sp³-hybridized carbons (Fsp3) is 0.125. The number of anilines is 1. The molecule has 7 nitrogen and oxygen atoms in total. The number of hydrogen-bond acceptors (Lipinski definition) is 5. The predicted molar refractivity (Wildman–Crippen MR) is 115 cm³/mol. The second-order valence-electron chi connectivity index (χ2n) is 7.50. The van der Waals surface area contributed by atoms with Crippen molar-refractivity contribution in [3.8, 4) is 17.0 Å². The number of cyclic esters (lactones) is 1. The number of carbonyl (C=O) groups excluding carboxylic acids is 1. The second kappa shape index (κ2) is 8.14. The number of ether oxygens (including phenoxy) is 1. The fourth-order valence-corrected chi connectivity index (χ4v) is 3.88. The van der Waals surface area contributed by atoms with E-state index in [2.05, 4.69) is 10.3 Å². The molecule has 32 heavy (non-hydrogen) atoms. The molecule has 0 aliphatic carbocycles. The van der Waals surface area contributed by atoms with Crippen molar-refractivity contribution in [1.82, 2.24) is 15.0 Å². The second-order valence-corrected chi connectivity index (χ2v) is 7.50. The largest absolute Gasteiger partial charge is 0.508 e. The molecule has 1 N–H and O–H groups in total. The standard InChI is InChI=1S/C24H19FN4O3/c25-18-8-10-19(11-9-18)29-23(17-6-12-20(30)13-7-17)22(32-24(29)31)15-28-14-21(26-27-28)16-4-2-1-3-5-16/h1-14,22-23,30H,15H2/t22-,23?/m1/s1. The van der Waals surface area contributed by atoms with Crippen molar-refractivity contribution in [2.24, 2.45) is 0 Å². The first-order valence-electron chi connectivity index (χ1n) is 10.1. The molecule has 1 saturated heterocycles. The Kier molecular flexibility index (Phi) is 5.03. The van der Waals surface area contributed by atoms with Gasteiger partial charge in [-0.1, -0.05) is 47.7 Å². The third-order valence-electron chi connectivity index (χ3n) is 5.39. The molecule has 1 aromatic heterocycles. The van der Waals surface area contributed by atoms with Crippen LogP contribution < -0.4 is 4.90 Å². The number of halogens is 1. The number of phenols is 1. The summed E-state index contributed by atoms with van der Waals surface area (Å²) in [6.07, 6.45) is 0.683. The van der Waals surface area contributed by atoms with Gasteiger partial charge in [-0.3, -0.25) is 4.90 Å². The van der Waals surface area contributed by atoms with E-state index >= 15 is 0 Å². The Morgan fingerprint density at radius 3 is 2.41 bits per heavy atom. The van der Waals surface area contributed by atoms with Crippen LogP contribution in [0.25, 0.3) is 11.3 Å². The van der Waals surface area contributed by atoms with Crippen LogP contribution in [-0.2, 0) is 11.3 Å². The van der Waals surface area contributed by atoms with E-state index in [4.69, 9.17) is 4.74 Å². The number of aromatic hydroxyl groups is 1. The molecule has 1 unspecified atom stereocenters. The lowest BCUT2D eigenvalue weighted by Crippen LogP contribution is -2.31. The Balaban J connectivity index is 1.48. The molecule has 5 rings (SSSR count). The molecule has 8 heteroatoms. The van der Waals surface area contributed by atoms with Gasteiger partial charge in [0.25, 0.3) is 0 Å². The number of phenolic OH excluding ortho intramolecular Hbond substituents is 1. The molecule has 1 amide bonds. The smallest absolute Gasteiger partial charge is 0.415 e. The van der Waals surface area contributed by atoms with E-state index in [0.717, 1.165) is 11.1 Å². The summed E-state index contributed by atoms with van der Waals surface area (Å²) >= 11 is 0. The number of hydrogen-bond donors (Lipinski definition) is 1. The van der Waals surface area contributed by atoms with Crippen molar-refractivity contribution in [2.75, 3.05) is 4.90 Å². The highest BCUT2D eigenvalue weighted by Crippen LogP contribution is 2.38. The molecule has 0 spiro atoms. The number of amides is 1. The minimum atomic E-state index is -0.581. The van der Waals surface area contributed by atoms with Gasteiger partial charge in [0.15, 0.2) is 0 Å². The third kappa shape index (κ3) is 3.78. The molecule has 1 aliphatic heterocycles. The van der Waals surface area contributed by atoms with Gasteiger partial charge in [-0.15, -0.1) is 5.10 Å². The van der Waals surface area contributed by atoms with Gasteiger partial charge in [-0.25, -0.2) is 13.9 Å². The zero-order valence-electron chi connectivity index (χ0n) is 16.9. The Labute approximate surface area is 183 Å². The zero-order valence-corrected chi connectivity index (χ0v) is 16.9. The molecule has 2 heterocycles. The predicted octanol–water partition coefficient (Wildman–Crippen LogP) is 4.56. The summed E-state index contributed by atoms with van der Waals surface area (Å²) < 4.78 is 20.8. The minimum absolute atomic E-state index is 0.118. The number of aromatic nitrogens is 3. The molecule has 2 atom stereocenters. The van der Waals surface area contributed by atoms with Gasteiger partial charge >= 0.3 is 6.09 Å². The van der Waals surface area contributed by atoms with Crippen molar-refractivity contribution in [1.29, 1.82) is 0 Å². The molecular weight excluding hydrogens is 411 g/mol. The van der Waals surface area contributed by atoms with E-state index in [-0.39, 0.29) is 12.3 Å². The highest BCUT2D eigenvalue weighted by atomic mass is 19.1. The Morgan fingerprint density at radius 2 is 1.69 bits per heavy atom. The molecule has 1 aliphatic rings. The van der Waals surface area contributed by atoms with Gasteiger partial charge in [0, 0.05) is 11.3 Å². The molecule has 0 bridgehead atoms. The normalized spacial score (nSPS) is 18.0. The van der Waals surface area contributed by atoms with Crippen LogP contribution in [0.1, 0.15) is 11.6 Å². The summed E-state index contributed by atoms with van der Waals surface area (Å²) in [5.74, 6) is -0.275. The van der Waals surface area contributed by atoms with Crippen LogP contribution in [0.2, 0.25) is 0 Å². The van der Waals surface area contributed by atoms with Gasteiger partial charge in [0.2, 0.25) is 0 Å². The lowest BCUT2D eigenvalue weighted by atomic mass is 10.00. The van der Waals surface area contributed by atoms with Crippen LogP contribution in [0, 0.1) is 5.82 Å². The Bertz CT molecular complexity index is 1230. The van der Waals surface area contributed by atoms with Crippen molar-refractivity contribution in [2.45, 2.75) is 18.7 Å². The topological polar surface area (TPSA) is 80.5 Å². The quantitative estimate of drug-likeness (QED) is 0.502. The van der Waals surface area contributed by atoms with E-state index in [0.29, 0.717) is 11.4 Å². The Hall–Kier alpha value is -4.20. The molecular formula is C24H19FN4O3. The molecule has 0 radical (unpaired) electrons. The first-order chi connectivity index (χ1) is 15.6. The lowest BCUT2D eigenvalue weighted by Gasteiger charge is -2.25. The van der Waals surface area contributed by atoms with Gasteiger partial charge < -0.3 is 9.84 Å². The maximum Gasteiger partial charge on any atom is 0.415 e. The highest BCUT2D eigenvalue weighted by molar-refractivity contribution is 5.91. The third-order valence-corrected chi connectivity index (χ3v) is 5.39. The van der Waals surface area contributed by atoms with E-state index < -0.39 is 24.1 Å². The van der Waals surface area contributed by atoms with Crippen LogP contribution in [0.5, 0.6) is 5.75 Å². The van der Waals surface area contributed by atoms with E-state index in [1.165, 1.54) is 29.2 Å². The van der Waals surface area contributed by atoms with Crippen LogP contribution >= 0.6 is 0 Å². The maximum atomic E-state index is 13.5. The van der Waals surface area contributed by atoms with Gasteiger partial charge in [-0.05, 0) is 42.0 Å². The van der Waals surface area contributed by atoms with Crippen LogP contribution in [0.3, 0.4) is 0 Å². The lowest BCUT2D eigenvalue weighted by molar-refractivity contribution is 0.117. The number of carbonyl (C=O) groups is 1. The molecule has 0 saturated carbocycles. The van der Waals surface area contributed by atoms with E-state index in [1.54, 1.807) is 35.1 Å². The van der Waals surface area contributed by atoms with Gasteiger partial charge in [0.05, 0.1) is 12.7 Å². The number of benzene rings is 3. The van der Waals surface area contributed by atoms with Crippen molar-refractivity contribution in [3.63, 3.8) is 0 Å². The molecule has 4 aromatic rings. The summed E-state index contributed by atoms with van der Waals surface area (Å²) in [5.41, 5.74) is 2.93. The van der Waals surface area contributed by atoms with Crippen molar-refractivity contribution in [3.05, 3.63) is 96.4 Å². The number of nitrogens with zero attached hydrogens (tertiary/aromatic N) is 4. The zero-order chi connectivity index (χ0) is 22.1. The van der Waals surface area contributed by atoms with Gasteiger partial charge in [-0.2, -0.15) is 0 Å². The average Bonchev–Trinajstić information content (AvgIpc) is 3.40. The van der Waals surface area contributed by atoms with Crippen LogP contribution in [-0.4, -0.2) is 32.3 Å². The van der Waals surface area contributed by atoms with Crippen molar-refractivity contribution >= 4 is 11.8 Å². The summed E-state index contributed by atoms with van der Waals surface area (Å²) in [4.78, 5) is 14.3. The van der Waals surface area contributed by atoms with Gasteiger partial charge in [0.1, 0.15) is 29.4 Å². The summed E-state index contributed by atoms with van der Waals surface area (Å²) in [6, 6.07) is 21.4.